The number of nitrogens with zero attached hydrogens (tertiary/aromatic N) is 5. The Labute approximate surface area is 210 Å². The average Bonchev–Trinajstić information content (AvgIpc) is 3.61. The van der Waals surface area contributed by atoms with Gasteiger partial charge in [0.25, 0.3) is 5.89 Å². The van der Waals surface area contributed by atoms with Crippen LogP contribution in [0, 0.1) is 11.8 Å². The molecule has 3 aromatic rings. The molecule has 36 heavy (non-hydrogen) atoms. The molecule has 3 heterocycles. The van der Waals surface area contributed by atoms with Crippen LogP contribution in [0.15, 0.2) is 59.2 Å². The predicted octanol–water partition coefficient (Wildman–Crippen LogP) is 2.92. The zero-order valence-corrected chi connectivity index (χ0v) is 21.1. The molecule has 2 aliphatic rings. The number of hydrogen-bond donors (Lipinski definition) is 1. The SMILES string of the molecule is COC1=CC(C2C=c3c(NCCCn4ccnc4)c(-c4nnco4)cnc3=CC2C)=CCC1(C)OC. The Kier molecular flexibility index (Phi) is 6.73. The van der Waals surface area contributed by atoms with E-state index in [4.69, 9.17) is 18.9 Å². The van der Waals surface area contributed by atoms with Crippen LogP contribution in [0.25, 0.3) is 23.6 Å². The first-order valence-corrected chi connectivity index (χ1v) is 12.2. The normalized spacial score (nSPS) is 23.1. The monoisotopic (exact) mass is 488 g/mol. The number of fused-ring (bicyclic) bond motifs is 1. The molecular weight excluding hydrogens is 456 g/mol. The zero-order chi connectivity index (χ0) is 25.1. The Bertz CT molecular complexity index is 1380. The van der Waals surface area contributed by atoms with Gasteiger partial charge >= 0.3 is 0 Å². The highest BCUT2D eigenvalue weighted by Gasteiger charge is 2.34. The summed E-state index contributed by atoms with van der Waals surface area (Å²) in [5.41, 5.74) is 2.51. The highest BCUT2D eigenvalue weighted by molar-refractivity contribution is 5.74. The molecule has 0 radical (unpaired) electrons. The van der Waals surface area contributed by atoms with Gasteiger partial charge in [0.15, 0.2) is 0 Å². The molecule has 1 N–H and O–H groups in total. The largest absolute Gasteiger partial charge is 0.498 e. The third-order valence-corrected chi connectivity index (χ3v) is 7.13. The van der Waals surface area contributed by atoms with Crippen molar-refractivity contribution in [2.24, 2.45) is 11.8 Å². The van der Waals surface area contributed by atoms with Crippen LogP contribution in [-0.2, 0) is 16.0 Å². The van der Waals surface area contributed by atoms with Gasteiger partial charge in [-0.2, -0.15) is 0 Å². The second-order valence-electron chi connectivity index (χ2n) is 9.44. The maximum absolute atomic E-state index is 5.75. The van der Waals surface area contributed by atoms with Crippen molar-refractivity contribution >= 4 is 17.8 Å². The van der Waals surface area contributed by atoms with E-state index < -0.39 is 5.60 Å². The number of allylic oxidation sites excluding steroid dienone is 2. The smallest absolute Gasteiger partial charge is 0.251 e. The summed E-state index contributed by atoms with van der Waals surface area (Å²) in [7, 11) is 3.43. The molecule has 3 aromatic heterocycles. The van der Waals surface area contributed by atoms with Gasteiger partial charge in [-0.15, -0.1) is 10.2 Å². The minimum atomic E-state index is -0.452. The summed E-state index contributed by atoms with van der Waals surface area (Å²) < 4.78 is 19.1. The summed E-state index contributed by atoms with van der Waals surface area (Å²) >= 11 is 0. The molecule has 188 valence electrons. The summed E-state index contributed by atoms with van der Waals surface area (Å²) in [6.07, 6.45) is 19.4. The molecule has 0 spiro atoms. The third kappa shape index (κ3) is 4.58. The van der Waals surface area contributed by atoms with Crippen molar-refractivity contribution in [3.8, 4) is 11.5 Å². The number of aryl methyl sites for hydroxylation is 1. The number of nitrogens with one attached hydrogen (secondary N) is 1. The fourth-order valence-electron chi connectivity index (χ4n) is 4.93. The molecule has 0 fully saturated rings. The standard InChI is InChI=1S/C27H32N6O3/c1-18-12-23-21(14-20(18)19-6-7-27(2,35-4)24(13-19)34-3)25(22(15-30-23)26-32-31-17-36-26)29-8-5-10-33-11-9-28-16-33/h6,9,11-18,20,29H,5,7-8,10H2,1-4H3. The number of methoxy groups -OCH3 is 2. The molecule has 0 bridgehead atoms. The molecule has 0 saturated carbocycles. The molecule has 9 heteroatoms. The molecule has 3 atom stereocenters. The Morgan fingerprint density at radius 2 is 2.17 bits per heavy atom. The molecule has 0 saturated heterocycles. The van der Waals surface area contributed by atoms with Crippen molar-refractivity contribution in [1.29, 1.82) is 0 Å². The fourth-order valence-corrected chi connectivity index (χ4v) is 4.93. The lowest BCUT2D eigenvalue weighted by Gasteiger charge is -2.34. The zero-order valence-electron chi connectivity index (χ0n) is 21.1. The second kappa shape index (κ2) is 10.1. The van der Waals surface area contributed by atoms with E-state index in [9.17, 15) is 0 Å². The fraction of sp³-hybridized carbons (Fsp3) is 0.407. The molecule has 2 aliphatic carbocycles. The van der Waals surface area contributed by atoms with Crippen LogP contribution in [0.2, 0.25) is 0 Å². The van der Waals surface area contributed by atoms with Gasteiger partial charge in [0.05, 0.1) is 30.0 Å². The number of ether oxygens (including phenoxy) is 2. The van der Waals surface area contributed by atoms with E-state index in [1.807, 2.05) is 18.7 Å². The highest BCUT2D eigenvalue weighted by Crippen LogP contribution is 2.37. The number of rotatable bonds is 9. The molecule has 3 unspecified atom stereocenters. The minimum Gasteiger partial charge on any atom is -0.498 e. The number of imidazole rings is 1. The molecular formula is C27H32N6O3. The molecule has 9 nitrogen and oxygen atoms in total. The average molecular weight is 489 g/mol. The van der Waals surface area contributed by atoms with E-state index >= 15 is 0 Å². The van der Waals surface area contributed by atoms with Crippen molar-refractivity contribution in [2.75, 3.05) is 26.1 Å². The third-order valence-electron chi connectivity index (χ3n) is 7.13. The number of pyridine rings is 1. The van der Waals surface area contributed by atoms with Gasteiger partial charge in [-0.05, 0) is 30.9 Å². The maximum atomic E-state index is 5.75. The van der Waals surface area contributed by atoms with Gasteiger partial charge < -0.3 is 23.8 Å². The first kappa shape index (κ1) is 24.0. The molecule has 5 rings (SSSR count). The first-order chi connectivity index (χ1) is 17.5. The van der Waals surface area contributed by atoms with Crippen molar-refractivity contribution in [3.05, 3.63) is 65.4 Å². The number of hydrogen-bond acceptors (Lipinski definition) is 8. The van der Waals surface area contributed by atoms with Crippen LogP contribution in [0.3, 0.4) is 0 Å². The van der Waals surface area contributed by atoms with Gasteiger partial charge in [0.2, 0.25) is 6.39 Å². The van der Waals surface area contributed by atoms with Gasteiger partial charge in [-0.25, -0.2) is 4.98 Å². The van der Waals surface area contributed by atoms with E-state index in [1.54, 1.807) is 20.4 Å². The summed E-state index contributed by atoms with van der Waals surface area (Å²) in [4.78, 5) is 8.88. The summed E-state index contributed by atoms with van der Waals surface area (Å²) in [5, 5.41) is 13.7. The van der Waals surface area contributed by atoms with E-state index in [2.05, 4.69) is 63.2 Å². The lowest BCUT2D eigenvalue weighted by atomic mass is 9.78. The van der Waals surface area contributed by atoms with Crippen molar-refractivity contribution in [1.82, 2.24) is 24.7 Å². The summed E-state index contributed by atoms with van der Waals surface area (Å²) in [6, 6.07) is 0. The maximum Gasteiger partial charge on any atom is 0.251 e. The second-order valence-corrected chi connectivity index (χ2v) is 9.44. The van der Waals surface area contributed by atoms with Crippen LogP contribution in [-0.4, -0.2) is 51.1 Å². The minimum absolute atomic E-state index is 0.162. The van der Waals surface area contributed by atoms with Crippen LogP contribution < -0.4 is 15.9 Å². The van der Waals surface area contributed by atoms with E-state index in [0.717, 1.165) is 53.5 Å². The van der Waals surface area contributed by atoms with Gasteiger partial charge in [-0.3, -0.25) is 4.98 Å². The Balaban J connectivity index is 1.51. The lowest BCUT2D eigenvalue weighted by Crippen LogP contribution is -2.38. The molecule has 0 amide bonds. The Hall–Kier alpha value is -3.72. The lowest BCUT2D eigenvalue weighted by molar-refractivity contribution is -0.00444. The number of anilines is 1. The van der Waals surface area contributed by atoms with Crippen molar-refractivity contribution < 1.29 is 13.9 Å². The molecule has 0 aromatic carbocycles. The summed E-state index contributed by atoms with van der Waals surface area (Å²) in [6.45, 7) is 5.92. The first-order valence-electron chi connectivity index (χ1n) is 12.2. The van der Waals surface area contributed by atoms with E-state index in [-0.39, 0.29) is 11.8 Å². The van der Waals surface area contributed by atoms with Crippen LogP contribution in [0.4, 0.5) is 5.69 Å². The van der Waals surface area contributed by atoms with Crippen LogP contribution in [0.1, 0.15) is 26.7 Å². The van der Waals surface area contributed by atoms with E-state index in [0.29, 0.717) is 5.89 Å². The Morgan fingerprint density at radius 1 is 1.28 bits per heavy atom. The quantitative estimate of drug-likeness (QED) is 0.459. The van der Waals surface area contributed by atoms with Crippen molar-refractivity contribution in [2.45, 2.75) is 38.8 Å². The van der Waals surface area contributed by atoms with Crippen LogP contribution in [0.5, 0.6) is 0 Å². The van der Waals surface area contributed by atoms with Gasteiger partial charge in [-0.1, -0.05) is 25.2 Å². The highest BCUT2D eigenvalue weighted by atomic mass is 16.5. The summed E-state index contributed by atoms with van der Waals surface area (Å²) in [5.74, 6) is 1.71. The van der Waals surface area contributed by atoms with Crippen LogP contribution >= 0.6 is 0 Å². The van der Waals surface area contributed by atoms with Gasteiger partial charge in [0.1, 0.15) is 11.4 Å². The van der Waals surface area contributed by atoms with E-state index in [1.165, 1.54) is 12.0 Å². The predicted molar refractivity (Wildman–Crippen MR) is 137 cm³/mol. The van der Waals surface area contributed by atoms with Gasteiger partial charge in [0, 0.05) is 56.3 Å². The topological polar surface area (TPSA) is 100 Å². The molecule has 0 aliphatic heterocycles. The Morgan fingerprint density at radius 3 is 2.89 bits per heavy atom. The van der Waals surface area contributed by atoms with Crippen molar-refractivity contribution in [3.63, 3.8) is 0 Å². The number of aromatic nitrogens is 5.